The highest BCUT2D eigenvalue weighted by Crippen LogP contribution is 2.44. The average molecular weight is 295 g/mol. The summed E-state index contributed by atoms with van der Waals surface area (Å²) in [6.45, 7) is 4.05. The Bertz CT molecular complexity index is 398. The van der Waals surface area contributed by atoms with Crippen molar-refractivity contribution < 1.29 is 4.74 Å². The molecule has 2 heterocycles. The maximum absolute atomic E-state index is 6.22. The Hall–Kier alpha value is -0.520. The normalized spacial score (nSPS) is 27.6. The second kappa shape index (κ2) is 6.50. The molecule has 1 aliphatic carbocycles. The van der Waals surface area contributed by atoms with E-state index >= 15 is 0 Å². The fourth-order valence-electron chi connectivity index (χ4n) is 3.93. The summed E-state index contributed by atoms with van der Waals surface area (Å²) < 4.78 is 10.3. The van der Waals surface area contributed by atoms with Crippen molar-refractivity contribution in [2.24, 2.45) is 5.92 Å². The van der Waals surface area contributed by atoms with E-state index in [9.17, 15) is 0 Å². The van der Waals surface area contributed by atoms with Crippen molar-refractivity contribution in [3.63, 3.8) is 0 Å². The lowest BCUT2D eigenvalue weighted by Crippen LogP contribution is -2.45. The van der Waals surface area contributed by atoms with Gasteiger partial charge < -0.3 is 10.1 Å². The third-order valence-corrected chi connectivity index (χ3v) is 5.41. The van der Waals surface area contributed by atoms with E-state index in [1.807, 2.05) is 0 Å². The fraction of sp³-hybridized carbons (Fsp3) is 0.867. The number of hydrogen-bond donors (Lipinski definition) is 1. The van der Waals surface area contributed by atoms with Gasteiger partial charge in [-0.25, -0.2) is 0 Å². The van der Waals surface area contributed by atoms with Gasteiger partial charge in [0.15, 0.2) is 0 Å². The summed E-state index contributed by atoms with van der Waals surface area (Å²) in [6, 6.07) is 0.349. The molecule has 1 saturated heterocycles. The van der Waals surface area contributed by atoms with Crippen molar-refractivity contribution in [3.05, 3.63) is 11.1 Å². The predicted octanol–water partition coefficient (Wildman–Crippen LogP) is 3.32. The lowest BCUT2D eigenvalue weighted by atomic mass is 9.73. The van der Waals surface area contributed by atoms with Gasteiger partial charge in [-0.2, -0.15) is 0 Å². The second-order valence-electron chi connectivity index (χ2n) is 6.21. The SMILES string of the molecule is CCNC(c1csnn1)C1CCOC2(CCCCC2)C1. The van der Waals surface area contributed by atoms with Crippen LogP contribution in [0.2, 0.25) is 0 Å². The van der Waals surface area contributed by atoms with Crippen molar-refractivity contribution in [2.75, 3.05) is 13.2 Å². The molecule has 2 fully saturated rings. The van der Waals surface area contributed by atoms with Gasteiger partial charge in [0, 0.05) is 12.0 Å². The summed E-state index contributed by atoms with van der Waals surface area (Å²) in [4.78, 5) is 0. The zero-order chi connectivity index (χ0) is 13.8. The molecule has 20 heavy (non-hydrogen) atoms. The van der Waals surface area contributed by atoms with Crippen LogP contribution in [0.4, 0.5) is 0 Å². The van der Waals surface area contributed by atoms with Crippen molar-refractivity contribution in [2.45, 2.75) is 63.5 Å². The molecular weight excluding hydrogens is 270 g/mol. The molecule has 3 rings (SSSR count). The van der Waals surface area contributed by atoms with Crippen LogP contribution in [0.3, 0.4) is 0 Å². The Morgan fingerprint density at radius 1 is 1.45 bits per heavy atom. The molecule has 1 aromatic heterocycles. The van der Waals surface area contributed by atoms with Gasteiger partial charge in [-0.1, -0.05) is 30.7 Å². The van der Waals surface area contributed by atoms with Crippen LogP contribution in [0.25, 0.3) is 0 Å². The first kappa shape index (κ1) is 14.4. The lowest BCUT2D eigenvalue weighted by Gasteiger charge is -2.45. The van der Waals surface area contributed by atoms with Crippen molar-refractivity contribution >= 4 is 11.5 Å². The first-order valence-corrected chi connectivity index (χ1v) is 8.81. The van der Waals surface area contributed by atoms with Gasteiger partial charge in [-0.3, -0.25) is 0 Å². The minimum Gasteiger partial charge on any atom is -0.375 e. The summed E-state index contributed by atoms with van der Waals surface area (Å²) in [6.07, 6.45) is 8.85. The molecule has 0 bridgehead atoms. The summed E-state index contributed by atoms with van der Waals surface area (Å²) >= 11 is 1.45. The number of hydrogen-bond acceptors (Lipinski definition) is 5. The van der Waals surface area contributed by atoms with Crippen molar-refractivity contribution in [1.29, 1.82) is 0 Å². The predicted molar refractivity (Wildman–Crippen MR) is 80.8 cm³/mol. The number of aromatic nitrogens is 2. The first-order valence-electron chi connectivity index (χ1n) is 7.97. The van der Waals surface area contributed by atoms with Gasteiger partial charge in [-0.15, -0.1) is 5.10 Å². The average Bonchev–Trinajstić information content (AvgIpc) is 2.99. The summed E-state index contributed by atoms with van der Waals surface area (Å²) in [5.41, 5.74) is 1.29. The minimum absolute atomic E-state index is 0.165. The Morgan fingerprint density at radius 3 is 3.00 bits per heavy atom. The highest BCUT2D eigenvalue weighted by Gasteiger charge is 2.41. The molecule has 0 aromatic carbocycles. The van der Waals surface area contributed by atoms with Crippen LogP contribution in [0, 0.1) is 5.92 Å². The van der Waals surface area contributed by atoms with Crippen molar-refractivity contribution in [1.82, 2.24) is 14.9 Å². The van der Waals surface area contributed by atoms with Crippen LogP contribution in [-0.4, -0.2) is 28.3 Å². The topological polar surface area (TPSA) is 47.0 Å². The molecular formula is C15H25N3OS. The molecule has 1 aromatic rings. The smallest absolute Gasteiger partial charge is 0.0927 e. The zero-order valence-electron chi connectivity index (χ0n) is 12.3. The van der Waals surface area contributed by atoms with Gasteiger partial charge in [0.25, 0.3) is 0 Å². The molecule has 112 valence electrons. The van der Waals surface area contributed by atoms with Crippen LogP contribution in [0.15, 0.2) is 5.38 Å². The first-order chi connectivity index (χ1) is 9.83. The zero-order valence-corrected chi connectivity index (χ0v) is 13.1. The maximum Gasteiger partial charge on any atom is 0.0927 e. The molecule has 1 aliphatic heterocycles. The number of ether oxygens (including phenoxy) is 1. The largest absolute Gasteiger partial charge is 0.375 e. The van der Waals surface area contributed by atoms with E-state index in [4.69, 9.17) is 4.74 Å². The molecule has 1 spiro atoms. The standard InChI is InChI=1S/C15H25N3OS/c1-2-16-14(13-11-20-18-17-13)12-6-9-19-15(10-12)7-4-3-5-8-15/h11-12,14,16H,2-10H2,1H3. The molecule has 1 saturated carbocycles. The maximum atomic E-state index is 6.22. The molecule has 5 heteroatoms. The monoisotopic (exact) mass is 295 g/mol. The van der Waals surface area contributed by atoms with Gasteiger partial charge in [0.2, 0.25) is 0 Å². The van der Waals surface area contributed by atoms with Crippen molar-refractivity contribution in [3.8, 4) is 0 Å². The van der Waals surface area contributed by atoms with E-state index < -0.39 is 0 Å². The van der Waals surface area contributed by atoms with Gasteiger partial charge in [-0.05, 0) is 49.7 Å². The number of rotatable bonds is 4. The molecule has 2 atom stereocenters. The molecule has 1 N–H and O–H groups in total. The van der Waals surface area contributed by atoms with Gasteiger partial charge in [0.05, 0.1) is 17.3 Å². The van der Waals surface area contributed by atoms with Crippen LogP contribution >= 0.6 is 11.5 Å². The van der Waals surface area contributed by atoms with Gasteiger partial charge >= 0.3 is 0 Å². The summed E-state index contributed by atoms with van der Waals surface area (Å²) in [5, 5.41) is 10.0. The Labute approximate surface area is 125 Å². The van der Waals surface area contributed by atoms with Crippen LogP contribution in [0.1, 0.15) is 63.6 Å². The Morgan fingerprint density at radius 2 is 2.30 bits per heavy atom. The molecule has 4 nitrogen and oxygen atoms in total. The third kappa shape index (κ3) is 3.05. The molecule has 0 radical (unpaired) electrons. The van der Waals surface area contributed by atoms with E-state index in [1.165, 1.54) is 50.1 Å². The Kier molecular flexibility index (Phi) is 4.68. The molecule has 2 aliphatic rings. The quantitative estimate of drug-likeness (QED) is 0.925. The third-order valence-electron chi connectivity index (χ3n) is 4.89. The van der Waals surface area contributed by atoms with E-state index in [0.717, 1.165) is 25.3 Å². The van der Waals surface area contributed by atoms with Crippen LogP contribution < -0.4 is 5.32 Å². The molecule has 0 amide bonds. The summed E-state index contributed by atoms with van der Waals surface area (Å²) in [7, 11) is 0. The van der Waals surface area contributed by atoms with E-state index in [1.54, 1.807) is 0 Å². The molecule has 2 unspecified atom stereocenters. The highest BCUT2D eigenvalue weighted by atomic mass is 32.1. The lowest BCUT2D eigenvalue weighted by molar-refractivity contribution is -0.122. The van der Waals surface area contributed by atoms with E-state index in [2.05, 4.69) is 27.2 Å². The minimum atomic E-state index is 0.165. The fourth-order valence-corrected chi connectivity index (χ4v) is 4.43. The summed E-state index contributed by atoms with van der Waals surface area (Å²) in [5.74, 6) is 0.630. The van der Waals surface area contributed by atoms with Gasteiger partial charge in [0.1, 0.15) is 0 Å². The highest BCUT2D eigenvalue weighted by molar-refractivity contribution is 7.03. The van der Waals surface area contributed by atoms with E-state index in [-0.39, 0.29) is 5.60 Å². The van der Waals surface area contributed by atoms with Crippen LogP contribution in [0.5, 0.6) is 0 Å². The number of nitrogens with one attached hydrogen (secondary N) is 1. The Balaban J connectivity index is 1.73. The number of nitrogens with zero attached hydrogens (tertiary/aromatic N) is 2. The van der Waals surface area contributed by atoms with E-state index in [0.29, 0.717) is 12.0 Å². The van der Waals surface area contributed by atoms with Crippen LogP contribution in [-0.2, 0) is 4.74 Å². The second-order valence-corrected chi connectivity index (χ2v) is 6.82.